The van der Waals surface area contributed by atoms with Gasteiger partial charge in [-0.25, -0.2) is 24.2 Å². The maximum atomic E-state index is 11.9. The van der Waals surface area contributed by atoms with Crippen LogP contribution in [0.1, 0.15) is 31.8 Å². The summed E-state index contributed by atoms with van der Waals surface area (Å²) in [4.78, 5) is 63.8. The molecule has 0 saturated heterocycles. The van der Waals surface area contributed by atoms with Crippen molar-refractivity contribution in [3.63, 3.8) is 0 Å². The van der Waals surface area contributed by atoms with Gasteiger partial charge in [0.25, 0.3) is 5.24 Å². The van der Waals surface area contributed by atoms with Crippen molar-refractivity contribution in [1.29, 1.82) is 0 Å². The summed E-state index contributed by atoms with van der Waals surface area (Å²) >= 11 is 5.38. The number of hydrogen-bond acceptors (Lipinski definition) is 11. The van der Waals surface area contributed by atoms with Crippen LogP contribution in [0.15, 0.2) is 106 Å². The van der Waals surface area contributed by atoms with Crippen LogP contribution in [0, 0.1) is 0 Å². The molecule has 12 nitrogen and oxygen atoms in total. The lowest BCUT2D eigenvalue weighted by Crippen LogP contribution is -2.17. The Labute approximate surface area is 285 Å². The van der Waals surface area contributed by atoms with Crippen molar-refractivity contribution in [2.45, 2.75) is 6.54 Å². The average molecular weight is 684 g/mol. The summed E-state index contributed by atoms with van der Waals surface area (Å²) < 4.78 is 14.4. The van der Waals surface area contributed by atoms with Crippen LogP contribution in [0.3, 0.4) is 0 Å². The Morgan fingerprint density at radius 3 is 2.14 bits per heavy atom. The molecule has 0 atom stereocenters. The highest BCUT2D eigenvalue weighted by Crippen LogP contribution is 2.22. The Bertz CT molecular complexity index is 2090. The molecule has 0 amide bonds. The van der Waals surface area contributed by atoms with Gasteiger partial charge >= 0.3 is 23.5 Å². The Balaban J connectivity index is 0.000000235. The summed E-state index contributed by atoms with van der Waals surface area (Å²) in [6.45, 7) is 0.464. The van der Waals surface area contributed by atoms with Crippen LogP contribution in [0.5, 0.6) is 0 Å². The van der Waals surface area contributed by atoms with Crippen molar-refractivity contribution in [3.05, 3.63) is 129 Å². The maximum Gasteiger partial charge on any atom is 0.347 e. The number of aromatic carboxylic acids is 1. The number of fused-ring (bicyclic) bond motifs is 1. The predicted molar refractivity (Wildman–Crippen MR) is 184 cm³/mol. The minimum absolute atomic E-state index is 0.0644. The molecule has 0 aliphatic rings. The molecule has 1 heterocycles. The van der Waals surface area contributed by atoms with Gasteiger partial charge in [-0.3, -0.25) is 4.79 Å². The molecule has 0 aliphatic heterocycles. The van der Waals surface area contributed by atoms with Gasteiger partial charge in [0.1, 0.15) is 5.57 Å². The van der Waals surface area contributed by atoms with Gasteiger partial charge < -0.3 is 29.6 Å². The van der Waals surface area contributed by atoms with E-state index in [9.17, 15) is 29.1 Å². The third kappa shape index (κ3) is 8.96. The molecule has 0 unspecified atom stereocenters. The van der Waals surface area contributed by atoms with Crippen LogP contribution < -0.4 is 16.3 Å². The number of carbonyl (C=O) groups excluding carboxylic acids is 3. The van der Waals surface area contributed by atoms with Crippen LogP contribution in [0.4, 0.5) is 11.4 Å². The lowest BCUT2D eigenvalue weighted by molar-refractivity contribution is -0.143. The van der Waals surface area contributed by atoms with E-state index in [2.05, 4.69) is 14.5 Å². The van der Waals surface area contributed by atoms with Crippen molar-refractivity contribution in [2.75, 3.05) is 31.9 Å². The zero-order valence-corrected chi connectivity index (χ0v) is 27.3. The monoisotopic (exact) mass is 683 g/mol. The molecule has 0 fully saturated rings. The summed E-state index contributed by atoms with van der Waals surface area (Å²) in [6, 6.07) is 25.3. The van der Waals surface area contributed by atoms with Crippen molar-refractivity contribution in [2.24, 2.45) is 0 Å². The molecule has 5 aromatic rings. The van der Waals surface area contributed by atoms with E-state index in [4.69, 9.17) is 21.8 Å². The summed E-state index contributed by atoms with van der Waals surface area (Å²) in [5, 5.41) is 9.09. The molecule has 0 aliphatic carbocycles. The number of carboxylic acids is 1. The standard InChI is InChI=1S/C21H22N2O6.C15H8ClNO3/c1-23(12-14-6-9-18(22)16(11-14)19(24)25)15-7-4-13(5-8-15)10-17(20(26)28-2)21(27)29-3;16-13(18)9-5-7-10(8-6-9)14-17-12-4-2-1-3-11(12)15(19)20-14/h4-11H,12,22H2,1-3H3,(H,24,25);1-8H. The van der Waals surface area contributed by atoms with E-state index in [1.807, 2.05) is 24.1 Å². The van der Waals surface area contributed by atoms with Gasteiger partial charge in [-0.2, -0.15) is 0 Å². The highest BCUT2D eigenvalue weighted by atomic mass is 35.5. The first-order valence-electron chi connectivity index (χ1n) is 14.4. The number of carbonyl (C=O) groups is 4. The topological polar surface area (TPSA) is 179 Å². The number of benzene rings is 4. The van der Waals surface area contributed by atoms with Gasteiger partial charge in [0, 0.05) is 36.1 Å². The number of anilines is 2. The highest BCUT2D eigenvalue weighted by Gasteiger charge is 2.19. The molecule has 250 valence electrons. The minimum Gasteiger partial charge on any atom is -0.478 e. The van der Waals surface area contributed by atoms with Gasteiger partial charge in [-0.05, 0) is 89.5 Å². The number of aromatic nitrogens is 1. The van der Waals surface area contributed by atoms with Crippen LogP contribution in [-0.4, -0.2) is 54.5 Å². The molecule has 5 rings (SSSR count). The third-order valence-corrected chi connectivity index (χ3v) is 7.34. The molecule has 3 N–H and O–H groups in total. The van der Waals surface area contributed by atoms with Gasteiger partial charge in [-0.15, -0.1) is 0 Å². The number of methoxy groups -OCH3 is 2. The Hall–Kier alpha value is -6.27. The molecule has 49 heavy (non-hydrogen) atoms. The third-order valence-electron chi connectivity index (χ3n) is 7.12. The summed E-state index contributed by atoms with van der Waals surface area (Å²) in [5.74, 6) is -2.43. The average Bonchev–Trinajstić information content (AvgIpc) is 3.11. The van der Waals surface area contributed by atoms with Crippen LogP contribution in [0.2, 0.25) is 0 Å². The number of esters is 2. The summed E-state index contributed by atoms with van der Waals surface area (Å²) in [6.07, 6.45) is 1.39. The first-order chi connectivity index (χ1) is 23.4. The Morgan fingerprint density at radius 1 is 0.918 bits per heavy atom. The highest BCUT2D eigenvalue weighted by molar-refractivity contribution is 6.67. The van der Waals surface area contributed by atoms with E-state index in [1.165, 1.54) is 20.3 Å². The smallest absolute Gasteiger partial charge is 0.347 e. The largest absolute Gasteiger partial charge is 0.478 e. The number of ether oxygens (including phenoxy) is 2. The first kappa shape index (κ1) is 35.6. The molecular weight excluding hydrogens is 654 g/mol. The van der Waals surface area contributed by atoms with Gasteiger partial charge in [0.2, 0.25) is 5.89 Å². The maximum absolute atomic E-state index is 11.9. The number of hydrogen-bond donors (Lipinski definition) is 2. The molecular formula is C36H30ClN3O9. The second-order valence-corrected chi connectivity index (χ2v) is 10.7. The number of nitrogens with zero attached hydrogens (tertiary/aromatic N) is 2. The van der Waals surface area contributed by atoms with E-state index >= 15 is 0 Å². The van der Waals surface area contributed by atoms with Crippen molar-refractivity contribution >= 4 is 63.1 Å². The summed E-state index contributed by atoms with van der Waals surface area (Å²) in [5.41, 5.74) is 9.13. The molecule has 1 aromatic heterocycles. The number of rotatable bonds is 9. The number of carboxylic acid groups (broad SMARTS) is 1. The molecule has 0 spiro atoms. The van der Waals surface area contributed by atoms with E-state index in [-0.39, 0.29) is 22.7 Å². The van der Waals surface area contributed by atoms with Gasteiger partial charge in [0.15, 0.2) is 0 Å². The number of nitrogen functional groups attached to an aromatic ring is 1. The fraction of sp³-hybridized carbons (Fsp3) is 0.111. The Morgan fingerprint density at radius 2 is 1.55 bits per heavy atom. The molecule has 0 radical (unpaired) electrons. The number of para-hydroxylation sites is 1. The molecule has 13 heteroatoms. The number of nitrogens with two attached hydrogens (primary N) is 1. The fourth-order valence-electron chi connectivity index (χ4n) is 4.55. The minimum atomic E-state index is -1.07. The number of halogens is 1. The normalized spacial score (nSPS) is 10.3. The quantitative estimate of drug-likeness (QED) is 0.0494. The summed E-state index contributed by atoms with van der Waals surface area (Å²) in [7, 11) is 4.23. The predicted octanol–water partition coefficient (Wildman–Crippen LogP) is 5.57. The lowest BCUT2D eigenvalue weighted by Gasteiger charge is -2.20. The van der Waals surface area contributed by atoms with Crippen molar-refractivity contribution < 1.29 is 38.2 Å². The van der Waals surface area contributed by atoms with Crippen LogP contribution in [-0.2, 0) is 25.6 Å². The van der Waals surface area contributed by atoms with Gasteiger partial charge in [0.05, 0.1) is 30.7 Å². The zero-order valence-electron chi connectivity index (χ0n) is 26.5. The second-order valence-electron chi connectivity index (χ2n) is 10.4. The second kappa shape index (κ2) is 16.0. The Kier molecular flexibility index (Phi) is 11.6. The van der Waals surface area contributed by atoms with Gasteiger partial charge in [-0.1, -0.05) is 30.3 Å². The lowest BCUT2D eigenvalue weighted by atomic mass is 10.1. The van der Waals surface area contributed by atoms with Crippen LogP contribution >= 0.6 is 11.6 Å². The van der Waals surface area contributed by atoms with Crippen molar-refractivity contribution in [3.8, 4) is 11.5 Å². The van der Waals surface area contributed by atoms with E-state index in [1.54, 1.807) is 78.9 Å². The van der Waals surface area contributed by atoms with E-state index < -0.39 is 28.8 Å². The molecule has 0 saturated carbocycles. The molecule has 4 aromatic carbocycles. The fourth-order valence-corrected chi connectivity index (χ4v) is 4.68. The van der Waals surface area contributed by atoms with Crippen molar-refractivity contribution in [1.82, 2.24) is 4.98 Å². The zero-order chi connectivity index (χ0) is 35.7. The van der Waals surface area contributed by atoms with E-state index in [0.717, 1.165) is 11.3 Å². The molecule has 0 bridgehead atoms. The SMILES string of the molecule is COC(=O)C(=Cc1ccc(N(C)Cc2ccc(N)c(C(=O)O)c2)cc1)C(=O)OC.O=C(Cl)c1ccc(-c2nc3ccccc3c(=O)o2)cc1. The van der Waals surface area contributed by atoms with Crippen LogP contribution in [0.25, 0.3) is 28.4 Å². The first-order valence-corrected chi connectivity index (χ1v) is 14.8. The van der Waals surface area contributed by atoms with E-state index in [0.29, 0.717) is 34.1 Å².